The third-order valence-corrected chi connectivity index (χ3v) is 8.84. The molecule has 8 heteroatoms. The van der Waals surface area contributed by atoms with Crippen molar-refractivity contribution in [3.8, 4) is 22.5 Å². The van der Waals surface area contributed by atoms with Crippen LogP contribution < -0.4 is 4.72 Å². The van der Waals surface area contributed by atoms with Gasteiger partial charge < -0.3 is 0 Å². The van der Waals surface area contributed by atoms with Crippen LogP contribution in [0.15, 0.2) is 101 Å². The summed E-state index contributed by atoms with van der Waals surface area (Å²) in [6.07, 6.45) is 3.70. The number of rotatable bonds is 7. The Hall–Kier alpha value is -3.07. The van der Waals surface area contributed by atoms with E-state index in [4.69, 9.17) is 4.98 Å². The number of hydrogen-bond donors (Lipinski definition) is 1. The average Bonchev–Trinajstić information content (AvgIpc) is 2.91. The molecule has 1 heterocycles. The summed E-state index contributed by atoms with van der Waals surface area (Å²) < 4.78 is 28.9. The Labute approximate surface area is 210 Å². The van der Waals surface area contributed by atoms with Crippen LogP contribution in [-0.4, -0.2) is 34.9 Å². The second-order valence-corrected chi connectivity index (χ2v) is 11.4. The smallest absolute Gasteiger partial charge is 0.219 e. The Morgan fingerprint density at radius 2 is 1.29 bits per heavy atom. The molecule has 1 N–H and O–H groups in total. The van der Waals surface area contributed by atoms with Crippen LogP contribution in [0.5, 0.6) is 0 Å². The van der Waals surface area contributed by atoms with Crippen LogP contribution in [0.25, 0.3) is 22.5 Å². The van der Waals surface area contributed by atoms with Crippen LogP contribution in [0.3, 0.4) is 0 Å². The molecule has 0 bridgehead atoms. The van der Waals surface area contributed by atoms with Gasteiger partial charge in [-0.25, -0.2) is 18.1 Å². The normalized spacial score (nSPS) is 18.3. The molecule has 0 amide bonds. The van der Waals surface area contributed by atoms with E-state index in [0.717, 1.165) is 48.2 Å². The van der Waals surface area contributed by atoms with Crippen LogP contribution in [0.4, 0.5) is 0 Å². The number of nitrogens with one attached hydrogen (secondary N) is 1. The quantitative estimate of drug-likeness (QED) is 0.355. The minimum atomic E-state index is -3.60. The van der Waals surface area contributed by atoms with E-state index in [0.29, 0.717) is 5.16 Å². The van der Waals surface area contributed by atoms with Crippen molar-refractivity contribution in [3.05, 3.63) is 91.0 Å². The zero-order valence-corrected chi connectivity index (χ0v) is 20.8. The third kappa shape index (κ3) is 5.61. The fourth-order valence-electron chi connectivity index (χ4n) is 4.32. The molecule has 0 unspecified atom stereocenters. The predicted molar refractivity (Wildman–Crippen MR) is 139 cm³/mol. The van der Waals surface area contributed by atoms with E-state index in [1.807, 2.05) is 66.7 Å². The van der Waals surface area contributed by atoms with Crippen LogP contribution in [0.1, 0.15) is 25.7 Å². The molecule has 0 radical (unpaired) electrons. The van der Waals surface area contributed by atoms with Crippen LogP contribution in [0.2, 0.25) is 0 Å². The highest BCUT2D eigenvalue weighted by Crippen LogP contribution is 2.35. The molecule has 1 aliphatic carbocycles. The van der Waals surface area contributed by atoms with Gasteiger partial charge in [-0.3, -0.25) is 0 Å². The molecule has 0 spiro atoms. The van der Waals surface area contributed by atoms with Crippen LogP contribution in [0, 0.1) is 0 Å². The predicted octanol–water partition coefficient (Wildman–Crippen LogP) is 5.59. The summed E-state index contributed by atoms with van der Waals surface area (Å²) in [7, 11) is -3.60. The molecule has 1 aromatic heterocycles. The summed E-state index contributed by atoms with van der Waals surface area (Å²) in [5.41, 5.74) is 3.42. The van der Waals surface area contributed by atoms with Crippen molar-refractivity contribution in [3.63, 3.8) is 0 Å². The van der Waals surface area contributed by atoms with Gasteiger partial charge in [-0.05, 0) is 25.0 Å². The van der Waals surface area contributed by atoms with E-state index >= 15 is 0 Å². The number of nitrogens with zero attached hydrogens (tertiary/aromatic N) is 3. The van der Waals surface area contributed by atoms with Crippen molar-refractivity contribution >= 4 is 21.8 Å². The summed E-state index contributed by atoms with van der Waals surface area (Å²) in [5.74, 6) is 0. The zero-order valence-electron chi connectivity index (χ0n) is 19.1. The summed E-state index contributed by atoms with van der Waals surface area (Å²) >= 11 is 1.51. The molecular formula is C27H26N4O2S2. The first-order valence-electron chi connectivity index (χ1n) is 11.7. The molecule has 4 aromatic rings. The minimum Gasteiger partial charge on any atom is -0.219 e. The van der Waals surface area contributed by atoms with E-state index in [1.54, 1.807) is 24.3 Å². The molecule has 178 valence electrons. The summed E-state index contributed by atoms with van der Waals surface area (Å²) in [5, 5.41) is 9.59. The lowest BCUT2D eigenvalue weighted by molar-refractivity contribution is 0.422. The van der Waals surface area contributed by atoms with Crippen molar-refractivity contribution in [1.82, 2.24) is 19.9 Å². The molecule has 0 aliphatic heterocycles. The maximum atomic E-state index is 13.0. The molecule has 1 aliphatic rings. The number of aromatic nitrogens is 3. The summed E-state index contributed by atoms with van der Waals surface area (Å²) in [6.45, 7) is 0. The molecule has 5 rings (SSSR count). The first-order chi connectivity index (χ1) is 17.1. The number of sulfonamides is 1. The van der Waals surface area contributed by atoms with Gasteiger partial charge in [0.25, 0.3) is 0 Å². The van der Waals surface area contributed by atoms with E-state index in [-0.39, 0.29) is 16.2 Å². The Morgan fingerprint density at radius 1 is 0.714 bits per heavy atom. The maximum Gasteiger partial charge on any atom is 0.240 e. The number of hydrogen-bond acceptors (Lipinski definition) is 6. The zero-order chi connectivity index (χ0) is 24.1. The largest absolute Gasteiger partial charge is 0.240 e. The van der Waals surface area contributed by atoms with Crippen molar-refractivity contribution < 1.29 is 8.42 Å². The second-order valence-electron chi connectivity index (χ2n) is 8.51. The van der Waals surface area contributed by atoms with Crippen LogP contribution in [-0.2, 0) is 10.0 Å². The van der Waals surface area contributed by atoms with E-state index in [1.165, 1.54) is 11.8 Å². The highest BCUT2D eigenvalue weighted by atomic mass is 32.2. The average molecular weight is 503 g/mol. The van der Waals surface area contributed by atoms with Gasteiger partial charge in [-0.2, -0.15) is 0 Å². The van der Waals surface area contributed by atoms with Gasteiger partial charge in [0, 0.05) is 22.4 Å². The third-order valence-electron chi connectivity index (χ3n) is 6.08. The van der Waals surface area contributed by atoms with Gasteiger partial charge in [0.15, 0.2) is 0 Å². The highest BCUT2D eigenvalue weighted by molar-refractivity contribution is 7.99. The standard InChI is InChI=1S/C27H26N4O2S2/c32-35(33,22-16-8-3-9-17-22)31-23-18-10-11-19-24(23)34-27-28-25(20-12-4-1-5-13-20)26(29-30-27)21-14-6-2-7-15-21/h1-9,12-17,23-24,31H,10-11,18-19H2/t23-,24-/m0/s1. The fourth-order valence-corrected chi connectivity index (χ4v) is 6.90. The lowest BCUT2D eigenvalue weighted by Gasteiger charge is -2.31. The Bertz CT molecular complexity index is 1370. The molecule has 0 saturated heterocycles. The summed E-state index contributed by atoms with van der Waals surface area (Å²) in [4.78, 5) is 5.20. The topological polar surface area (TPSA) is 84.8 Å². The highest BCUT2D eigenvalue weighted by Gasteiger charge is 2.31. The van der Waals surface area contributed by atoms with Gasteiger partial charge in [0.2, 0.25) is 15.2 Å². The fraction of sp³-hybridized carbons (Fsp3) is 0.222. The molecule has 2 atom stereocenters. The van der Waals surface area contributed by atoms with Crippen molar-refractivity contribution in [2.75, 3.05) is 0 Å². The van der Waals surface area contributed by atoms with Gasteiger partial charge in [0.1, 0.15) is 11.4 Å². The van der Waals surface area contributed by atoms with Crippen molar-refractivity contribution in [2.24, 2.45) is 0 Å². The van der Waals surface area contributed by atoms with Crippen LogP contribution >= 0.6 is 11.8 Å². The van der Waals surface area contributed by atoms with Crippen molar-refractivity contribution in [1.29, 1.82) is 0 Å². The Morgan fingerprint density at radius 3 is 1.94 bits per heavy atom. The van der Waals surface area contributed by atoms with E-state index < -0.39 is 10.0 Å². The second kappa shape index (κ2) is 10.7. The van der Waals surface area contributed by atoms with E-state index in [2.05, 4.69) is 14.9 Å². The Balaban J connectivity index is 1.43. The molecule has 3 aromatic carbocycles. The minimum absolute atomic E-state index is 0.0234. The summed E-state index contributed by atoms with van der Waals surface area (Å²) in [6, 6.07) is 28.2. The van der Waals surface area contributed by atoms with E-state index in [9.17, 15) is 8.42 Å². The molecule has 35 heavy (non-hydrogen) atoms. The lowest BCUT2D eigenvalue weighted by atomic mass is 9.96. The van der Waals surface area contributed by atoms with Gasteiger partial charge in [-0.1, -0.05) is 103 Å². The SMILES string of the molecule is O=S(=O)(N[C@H]1CCCC[C@@H]1Sc1nnc(-c2ccccc2)c(-c2ccccc2)n1)c1ccccc1. The lowest BCUT2D eigenvalue weighted by Crippen LogP contribution is -2.43. The number of benzene rings is 3. The molecule has 1 fully saturated rings. The van der Waals surface area contributed by atoms with Gasteiger partial charge in [0.05, 0.1) is 4.90 Å². The number of thioether (sulfide) groups is 1. The Kier molecular flexibility index (Phi) is 7.22. The molecule has 6 nitrogen and oxygen atoms in total. The monoisotopic (exact) mass is 502 g/mol. The maximum absolute atomic E-state index is 13.0. The first-order valence-corrected chi connectivity index (χ1v) is 14.1. The van der Waals surface area contributed by atoms with Gasteiger partial charge >= 0.3 is 0 Å². The first kappa shape index (κ1) is 23.7. The van der Waals surface area contributed by atoms with Crippen molar-refractivity contribution in [2.45, 2.75) is 47.0 Å². The molecule has 1 saturated carbocycles. The van der Waals surface area contributed by atoms with Gasteiger partial charge in [-0.15, -0.1) is 10.2 Å². The molecular weight excluding hydrogens is 476 g/mol.